The second-order valence-electron chi connectivity index (χ2n) is 5.38. The van der Waals surface area contributed by atoms with E-state index in [0.29, 0.717) is 6.07 Å². The van der Waals surface area contributed by atoms with Gasteiger partial charge in [0, 0.05) is 6.07 Å². The number of sulfonamides is 1. The number of rotatable bonds is 7. The molecule has 2 rings (SSSR count). The van der Waals surface area contributed by atoms with Crippen LogP contribution in [-0.2, 0) is 19.5 Å². The highest BCUT2D eigenvalue weighted by Crippen LogP contribution is 2.25. The number of carbonyl (C=O) groups is 2. The quantitative estimate of drug-likeness (QED) is 0.701. The Hall–Kier alpha value is -3.01. The van der Waals surface area contributed by atoms with Gasteiger partial charge < -0.3 is 9.47 Å². The minimum Gasteiger partial charge on any atom is -0.462 e. The minimum atomic E-state index is -4.54. The molecule has 1 N–H and O–H groups in total. The molecule has 0 atom stereocenters. The van der Waals surface area contributed by atoms with Crippen molar-refractivity contribution in [2.24, 2.45) is 0 Å². The highest BCUT2D eigenvalue weighted by molar-refractivity contribution is 7.92. The Morgan fingerprint density at radius 2 is 1.61 bits per heavy atom. The van der Waals surface area contributed by atoms with Crippen molar-refractivity contribution in [2.45, 2.75) is 18.7 Å². The Labute approximate surface area is 160 Å². The van der Waals surface area contributed by atoms with Crippen molar-refractivity contribution < 1.29 is 36.3 Å². The summed E-state index contributed by atoms with van der Waals surface area (Å²) >= 11 is 0. The highest BCUT2D eigenvalue weighted by atomic mass is 32.2. The zero-order chi connectivity index (χ0) is 20.9. The van der Waals surface area contributed by atoms with Crippen LogP contribution in [0.25, 0.3) is 0 Å². The van der Waals surface area contributed by atoms with E-state index in [2.05, 4.69) is 0 Å². The number of esters is 2. The molecular formula is C18H17F2NO6S. The van der Waals surface area contributed by atoms with Crippen LogP contribution in [0.2, 0.25) is 0 Å². The predicted octanol–water partition coefficient (Wildman–Crippen LogP) is 3.12. The van der Waals surface area contributed by atoms with Crippen LogP contribution in [0.1, 0.15) is 34.6 Å². The molecule has 0 aliphatic carbocycles. The predicted molar refractivity (Wildman–Crippen MR) is 95.5 cm³/mol. The summed E-state index contributed by atoms with van der Waals surface area (Å²) in [6.07, 6.45) is 0. The first-order valence-corrected chi connectivity index (χ1v) is 9.64. The van der Waals surface area contributed by atoms with Crippen LogP contribution in [0, 0.1) is 11.6 Å². The largest absolute Gasteiger partial charge is 0.462 e. The second kappa shape index (κ2) is 8.79. The SMILES string of the molecule is CCOC(=O)c1ccc(C(=O)OCC)c(NS(=O)(=O)c2ccc(F)cc2F)c1. The molecule has 0 saturated heterocycles. The third-order valence-electron chi connectivity index (χ3n) is 3.45. The van der Waals surface area contributed by atoms with Gasteiger partial charge >= 0.3 is 11.9 Å². The zero-order valence-electron chi connectivity index (χ0n) is 15.0. The lowest BCUT2D eigenvalue weighted by Gasteiger charge is -2.14. The summed E-state index contributed by atoms with van der Waals surface area (Å²) in [5.41, 5.74) is -0.541. The lowest BCUT2D eigenvalue weighted by molar-refractivity contribution is 0.0512. The molecule has 0 aromatic heterocycles. The standard InChI is InChI=1S/C18H17F2NO6S/c1-3-26-17(22)11-5-7-13(18(23)27-4-2)15(9-11)21-28(24,25)16-8-6-12(19)10-14(16)20/h5-10,21H,3-4H2,1-2H3. The highest BCUT2D eigenvalue weighted by Gasteiger charge is 2.24. The van der Waals surface area contributed by atoms with E-state index in [4.69, 9.17) is 9.47 Å². The van der Waals surface area contributed by atoms with Crippen LogP contribution in [0.3, 0.4) is 0 Å². The van der Waals surface area contributed by atoms with Gasteiger partial charge in [0.1, 0.15) is 16.5 Å². The monoisotopic (exact) mass is 413 g/mol. The normalized spacial score (nSPS) is 11.0. The number of halogens is 2. The molecule has 0 aliphatic rings. The van der Waals surface area contributed by atoms with Crippen molar-refractivity contribution in [3.8, 4) is 0 Å². The fraction of sp³-hybridized carbons (Fsp3) is 0.222. The number of carbonyl (C=O) groups excluding carboxylic acids is 2. The van der Waals surface area contributed by atoms with E-state index < -0.39 is 38.5 Å². The van der Waals surface area contributed by atoms with Crippen LogP contribution in [0.5, 0.6) is 0 Å². The van der Waals surface area contributed by atoms with Crippen LogP contribution >= 0.6 is 0 Å². The second-order valence-corrected chi connectivity index (χ2v) is 7.03. The molecule has 7 nitrogen and oxygen atoms in total. The van der Waals surface area contributed by atoms with E-state index >= 15 is 0 Å². The topological polar surface area (TPSA) is 98.8 Å². The smallest absolute Gasteiger partial charge is 0.340 e. The van der Waals surface area contributed by atoms with Gasteiger partial charge in [-0.15, -0.1) is 0 Å². The molecule has 0 unspecified atom stereocenters. The third kappa shape index (κ3) is 4.83. The van der Waals surface area contributed by atoms with Crippen LogP contribution < -0.4 is 4.72 Å². The van der Waals surface area contributed by atoms with E-state index in [1.54, 1.807) is 13.8 Å². The molecule has 0 bridgehead atoms. The molecule has 2 aromatic rings. The Balaban J connectivity index is 2.52. The fourth-order valence-corrected chi connectivity index (χ4v) is 3.38. The van der Waals surface area contributed by atoms with E-state index in [9.17, 15) is 26.8 Å². The van der Waals surface area contributed by atoms with Crippen molar-refractivity contribution in [3.63, 3.8) is 0 Å². The summed E-state index contributed by atoms with van der Waals surface area (Å²) in [5, 5.41) is 0. The molecule has 0 amide bonds. The van der Waals surface area contributed by atoms with Gasteiger partial charge in [0.2, 0.25) is 0 Å². The first-order chi connectivity index (χ1) is 13.2. The maximum Gasteiger partial charge on any atom is 0.340 e. The van der Waals surface area contributed by atoms with E-state index in [0.717, 1.165) is 18.2 Å². The number of hydrogen-bond acceptors (Lipinski definition) is 6. The lowest BCUT2D eigenvalue weighted by Crippen LogP contribution is -2.18. The van der Waals surface area contributed by atoms with Gasteiger partial charge in [0.05, 0.1) is 30.0 Å². The fourth-order valence-electron chi connectivity index (χ4n) is 2.25. The van der Waals surface area contributed by atoms with Gasteiger partial charge in [-0.1, -0.05) is 0 Å². The Kier molecular flexibility index (Phi) is 6.68. The van der Waals surface area contributed by atoms with E-state index in [1.807, 2.05) is 4.72 Å². The summed E-state index contributed by atoms with van der Waals surface area (Å²) in [4.78, 5) is 23.2. The third-order valence-corrected chi connectivity index (χ3v) is 4.85. The van der Waals surface area contributed by atoms with Gasteiger partial charge in [-0.05, 0) is 44.2 Å². The van der Waals surface area contributed by atoms with Gasteiger partial charge in [-0.25, -0.2) is 26.8 Å². The zero-order valence-corrected chi connectivity index (χ0v) is 15.8. The number of hydrogen-bond donors (Lipinski definition) is 1. The summed E-state index contributed by atoms with van der Waals surface area (Å²) in [6.45, 7) is 3.26. The van der Waals surface area contributed by atoms with Gasteiger partial charge in [-0.2, -0.15) is 0 Å². The molecule has 10 heteroatoms. The minimum absolute atomic E-state index is 0.0250. The van der Waals surface area contributed by atoms with Crippen LogP contribution in [0.15, 0.2) is 41.3 Å². The van der Waals surface area contributed by atoms with E-state index in [1.165, 1.54) is 12.1 Å². The van der Waals surface area contributed by atoms with Crippen molar-refractivity contribution in [2.75, 3.05) is 17.9 Å². The van der Waals surface area contributed by atoms with Crippen LogP contribution in [0.4, 0.5) is 14.5 Å². The number of nitrogens with one attached hydrogen (secondary N) is 1. The van der Waals surface area contributed by atoms with Crippen molar-refractivity contribution in [1.29, 1.82) is 0 Å². The molecule has 0 saturated carbocycles. The molecule has 0 heterocycles. The summed E-state index contributed by atoms with van der Waals surface area (Å²) < 4.78 is 63.8. The average molecular weight is 413 g/mol. The molecule has 0 fully saturated rings. The Bertz CT molecular complexity index is 1010. The molecule has 0 aliphatic heterocycles. The van der Waals surface area contributed by atoms with Gasteiger partial charge in [-0.3, -0.25) is 4.72 Å². The first-order valence-electron chi connectivity index (χ1n) is 8.15. The maximum absolute atomic E-state index is 13.9. The van der Waals surface area contributed by atoms with E-state index in [-0.39, 0.29) is 30.0 Å². The first kappa shape index (κ1) is 21.3. The molecule has 150 valence electrons. The lowest BCUT2D eigenvalue weighted by atomic mass is 10.1. The van der Waals surface area contributed by atoms with Crippen molar-refractivity contribution >= 4 is 27.6 Å². The molecular weight excluding hydrogens is 396 g/mol. The number of anilines is 1. The van der Waals surface area contributed by atoms with Crippen molar-refractivity contribution in [3.05, 3.63) is 59.2 Å². The number of benzene rings is 2. The average Bonchev–Trinajstić information content (AvgIpc) is 2.61. The molecule has 28 heavy (non-hydrogen) atoms. The summed E-state index contributed by atoms with van der Waals surface area (Å²) in [6, 6.07) is 5.45. The summed E-state index contributed by atoms with van der Waals surface area (Å²) in [5.74, 6) is -3.86. The maximum atomic E-state index is 13.9. The number of ether oxygens (including phenoxy) is 2. The van der Waals surface area contributed by atoms with Gasteiger partial charge in [0.25, 0.3) is 10.0 Å². The Morgan fingerprint density at radius 3 is 2.21 bits per heavy atom. The van der Waals surface area contributed by atoms with Crippen LogP contribution in [-0.4, -0.2) is 33.6 Å². The van der Waals surface area contributed by atoms with Crippen molar-refractivity contribution in [1.82, 2.24) is 0 Å². The molecule has 0 radical (unpaired) electrons. The summed E-state index contributed by atoms with van der Waals surface area (Å²) in [7, 11) is -4.54. The molecule has 2 aromatic carbocycles. The van der Waals surface area contributed by atoms with Gasteiger partial charge in [0.15, 0.2) is 0 Å². The Morgan fingerprint density at radius 1 is 0.964 bits per heavy atom. The molecule has 0 spiro atoms.